The summed E-state index contributed by atoms with van der Waals surface area (Å²) < 4.78 is 0. The molecule has 0 aromatic rings. The second-order valence-electron chi connectivity index (χ2n) is 3.65. The highest BCUT2D eigenvalue weighted by atomic mass is 16.2. The zero-order valence-electron chi connectivity index (χ0n) is 8.45. The molecule has 0 radical (unpaired) electrons. The third-order valence-electron chi connectivity index (χ3n) is 2.51. The number of hydrogen-bond acceptors (Lipinski definition) is 4. The fourth-order valence-electron chi connectivity index (χ4n) is 1.62. The van der Waals surface area contributed by atoms with Crippen LogP contribution in [0.5, 0.6) is 0 Å². The molecule has 1 saturated carbocycles. The molecule has 5 nitrogen and oxygen atoms in total. The van der Waals surface area contributed by atoms with Crippen LogP contribution in [0.1, 0.15) is 32.6 Å². The summed E-state index contributed by atoms with van der Waals surface area (Å²) in [7, 11) is 0. The second kappa shape index (κ2) is 5.07. The van der Waals surface area contributed by atoms with Crippen LogP contribution >= 0.6 is 0 Å². The number of rotatable bonds is 3. The molecule has 0 spiro atoms. The van der Waals surface area contributed by atoms with E-state index >= 15 is 0 Å². The van der Waals surface area contributed by atoms with Gasteiger partial charge in [0.1, 0.15) is 0 Å². The van der Waals surface area contributed by atoms with Crippen molar-refractivity contribution in [1.29, 1.82) is 0 Å². The zero-order valence-corrected chi connectivity index (χ0v) is 8.45. The molecule has 1 aliphatic carbocycles. The maximum absolute atomic E-state index is 11.3. The van der Waals surface area contributed by atoms with Crippen molar-refractivity contribution < 1.29 is 9.59 Å². The number of amides is 2. The van der Waals surface area contributed by atoms with E-state index in [9.17, 15) is 9.59 Å². The lowest BCUT2D eigenvalue weighted by Crippen LogP contribution is -2.47. The molecule has 0 aliphatic heterocycles. The van der Waals surface area contributed by atoms with Crippen LogP contribution in [0, 0.1) is 0 Å². The molecule has 0 unspecified atom stereocenters. The van der Waals surface area contributed by atoms with E-state index in [1.807, 2.05) is 0 Å². The average Bonchev–Trinajstić information content (AvgIpc) is 2.65. The van der Waals surface area contributed by atoms with Gasteiger partial charge < -0.3 is 5.32 Å². The van der Waals surface area contributed by atoms with E-state index in [4.69, 9.17) is 5.84 Å². The minimum Gasteiger partial charge on any atom is -0.306 e. The fraction of sp³-hybridized carbons (Fsp3) is 0.778. The van der Waals surface area contributed by atoms with Crippen LogP contribution in [0.3, 0.4) is 0 Å². The van der Waals surface area contributed by atoms with Crippen LogP contribution in [-0.2, 0) is 9.59 Å². The highest BCUT2D eigenvalue weighted by Gasteiger charge is 2.18. The highest BCUT2D eigenvalue weighted by molar-refractivity contribution is 5.94. The van der Waals surface area contributed by atoms with E-state index < -0.39 is 5.91 Å². The summed E-state index contributed by atoms with van der Waals surface area (Å²) in [5.74, 6) is 4.44. The predicted molar refractivity (Wildman–Crippen MR) is 52.0 cm³/mol. The highest BCUT2D eigenvalue weighted by Crippen LogP contribution is 2.17. The van der Waals surface area contributed by atoms with Crippen molar-refractivity contribution in [3.63, 3.8) is 0 Å². The fourth-order valence-corrected chi connectivity index (χ4v) is 1.62. The molecule has 1 aliphatic rings. The zero-order chi connectivity index (χ0) is 10.6. The van der Waals surface area contributed by atoms with Crippen molar-refractivity contribution in [3.8, 4) is 0 Å². The first-order valence-electron chi connectivity index (χ1n) is 4.93. The molecule has 14 heavy (non-hydrogen) atoms. The van der Waals surface area contributed by atoms with Crippen molar-refractivity contribution in [2.75, 3.05) is 6.54 Å². The number of hydrazine groups is 1. The molecule has 1 fully saturated rings. The van der Waals surface area contributed by atoms with Gasteiger partial charge in [-0.05, 0) is 12.8 Å². The van der Waals surface area contributed by atoms with E-state index in [1.54, 1.807) is 0 Å². The quantitative estimate of drug-likeness (QED) is 0.374. The largest absolute Gasteiger partial charge is 0.306 e. The minimum atomic E-state index is -0.428. The first kappa shape index (κ1) is 11.1. The van der Waals surface area contributed by atoms with Crippen molar-refractivity contribution in [3.05, 3.63) is 0 Å². The Labute approximate surface area is 83.6 Å². The third-order valence-corrected chi connectivity index (χ3v) is 2.51. The van der Waals surface area contributed by atoms with Crippen molar-refractivity contribution in [1.82, 2.24) is 10.3 Å². The Bertz CT molecular complexity index is 224. The van der Waals surface area contributed by atoms with E-state index in [-0.39, 0.29) is 12.5 Å². The maximum Gasteiger partial charge on any atom is 0.257 e. The van der Waals surface area contributed by atoms with E-state index in [0.717, 1.165) is 12.8 Å². The molecule has 0 saturated heterocycles. The van der Waals surface area contributed by atoms with Gasteiger partial charge in [-0.25, -0.2) is 10.9 Å². The third kappa shape index (κ3) is 3.08. The minimum absolute atomic E-state index is 0.154. The summed E-state index contributed by atoms with van der Waals surface area (Å²) in [5.41, 5.74) is 0. The Hall–Kier alpha value is -0.940. The van der Waals surface area contributed by atoms with Gasteiger partial charge in [0, 0.05) is 13.0 Å². The van der Waals surface area contributed by atoms with Crippen LogP contribution < -0.4 is 11.2 Å². The van der Waals surface area contributed by atoms with Crippen LogP contribution in [0.25, 0.3) is 0 Å². The van der Waals surface area contributed by atoms with Gasteiger partial charge in [-0.15, -0.1) is 0 Å². The van der Waals surface area contributed by atoms with Gasteiger partial charge in [-0.3, -0.25) is 9.59 Å². The lowest BCUT2D eigenvalue weighted by molar-refractivity contribution is -0.143. The molecule has 0 atom stereocenters. The van der Waals surface area contributed by atoms with Gasteiger partial charge in [0.15, 0.2) is 0 Å². The number of imide groups is 1. The summed E-state index contributed by atoms with van der Waals surface area (Å²) in [4.78, 5) is 22.0. The van der Waals surface area contributed by atoms with Crippen molar-refractivity contribution in [2.45, 2.75) is 38.6 Å². The second-order valence-corrected chi connectivity index (χ2v) is 3.65. The molecule has 1 rings (SSSR count). The molecular weight excluding hydrogens is 182 g/mol. The molecule has 0 heterocycles. The van der Waals surface area contributed by atoms with E-state index in [0.29, 0.717) is 11.1 Å². The first-order valence-corrected chi connectivity index (χ1v) is 4.93. The van der Waals surface area contributed by atoms with Crippen molar-refractivity contribution in [2.24, 2.45) is 5.84 Å². The number of nitrogens with two attached hydrogens (primary N) is 1. The van der Waals surface area contributed by atoms with Crippen LogP contribution in [0.15, 0.2) is 0 Å². The topological polar surface area (TPSA) is 75.4 Å². The number of carbonyl (C=O) groups is 2. The number of nitrogens with zero attached hydrogens (tertiary/aromatic N) is 1. The Morgan fingerprint density at radius 2 is 2.00 bits per heavy atom. The summed E-state index contributed by atoms with van der Waals surface area (Å²) in [5, 5.41) is 3.75. The molecule has 0 aromatic heterocycles. The van der Waals surface area contributed by atoms with E-state index in [2.05, 4.69) is 5.32 Å². The van der Waals surface area contributed by atoms with Gasteiger partial charge in [0.05, 0.1) is 6.54 Å². The Morgan fingerprint density at radius 3 is 2.50 bits per heavy atom. The molecular formula is C9H17N3O2. The Kier molecular flexibility index (Phi) is 4.03. The Balaban J connectivity index is 2.23. The number of nitrogens with one attached hydrogen (secondary N) is 1. The predicted octanol–water partition coefficient (Wildman–Crippen LogP) is -0.233. The van der Waals surface area contributed by atoms with Crippen molar-refractivity contribution >= 4 is 11.8 Å². The van der Waals surface area contributed by atoms with Gasteiger partial charge in [0.25, 0.3) is 5.91 Å². The summed E-state index contributed by atoms with van der Waals surface area (Å²) in [6, 6.07) is 0.416. The number of carbonyl (C=O) groups excluding carboxylic acids is 2. The normalized spacial score (nSPS) is 17.0. The smallest absolute Gasteiger partial charge is 0.257 e. The van der Waals surface area contributed by atoms with Gasteiger partial charge in [0.2, 0.25) is 5.91 Å². The standard InChI is InChI=1S/C9H17N3O2/c1-7(13)12(10)9(14)6-11-8-4-2-3-5-8/h8,11H,2-6,10H2,1H3. The molecule has 5 heteroatoms. The summed E-state index contributed by atoms with van der Waals surface area (Å²) in [6.45, 7) is 1.42. The molecule has 3 N–H and O–H groups in total. The first-order chi connectivity index (χ1) is 6.61. The molecule has 2 amide bonds. The van der Waals surface area contributed by atoms with Crippen LogP contribution in [-0.4, -0.2) is 29.4 Å². The lowest BCUT2D eigenvalue weighted by Gasteiger charge is -2.15. The molecule has 0 bridgehead atoms. The van der Waals surface area contributed by atoms with Crippen LogP contribution in [0.4, 0.5) is 0 Å². The SMILES string of the molecule is CC(=O)N(N)C(=O)CNC1CCCC1. The molecule has 0 aromatic carbocycles. The van der Waals surface area contributed by atoms with Gasteiger partial charge in [-0.1, -0.05) is 12.8 Å². The molecule has 80 valence electrons. The monoisotopic (exact) mass is 199 g/mol. The van der Waals surface area contributed by atoms with Gasteiger partial charge >= 0.3 is 0 Å². The average molecular weight is 199 g/mol. The van der Waals surface area contributed by atoms with Crippen LogP contribution in [0.2, 0.25) is 0 Å². The van der Waals surface area contributed by atoms with E-state index in [1.165, 1.54) is 19.8 Å². The maximum atomic E-state index is 11.3. The Morgan fingerprint density at radius 1 is 1.43 bits per heavy atom. The van der Waals surface area contributed by atoms with Gasteiger partial charge in [-0.2, -0.15) is 0 Å². The number of hydrogen-bond donors (Lipinski definition) is 2. The summed E-state index contributed by atoms with van der Waals surface area (Å²) in [6.07, 6.45) is 4.64. The lowest BCUT2D eigenvalue weighted by atomic mass is 10.2. The summed E-state index contributed by atoms with van der Waals surface area (Å²) >= 11 is 0.